The van der Waals surface area contributed by atoms with Crippen LogP contribution in [0.4, 0.5) is 5.69 Å². The summed E-state index contributed by atoms with van der Waals surface area (Å²) in [5.74, 6) is 0. The highest BCUT2D eigenvalue weighted by Gasteiger charge is 2.21. The van der Waals surface area contributed by atoms with E-state index in [1.807, 2.05) is 24.3 Å². The number of anilines is 1. The summed E-state index contributed by atoms with van der Waals surface area (Å²) in [6.45, 7) is 8.68. The van der Waals surface area contributed by atoms with E-state index in [4.69, 9.17) is 0 Å². The van der Waals surface area contributed by atoms with Gasteiger partial charge in [-0.15, -0.1) is 0 Å². The van der Waals surface area contributed by atoms with Gasteiger partial charge in [0.05, 0.1) is 16.8 Å². The third-order valence-corrected chi connectivity index (χ3v) is 3.56. The second-order valence-corrected chi connectivity index (χ2v) is 5.91. The molecule has 0 aliphatic carbocycles. The molecule has 0 amide bonds. The molecule has 0 saturated heterocycles. The van der Waals surface area contributed by atoms with Crippen LogP contribution < -0.4 is 5.32 Å². The van der Waals surface area contributed by atoms with Gasteiger partial charge in [0.1, 0.15) is 6.07 Å². The van der Waals surface area contributed by atoms with Crippen LogP contribution in [0, 0.1) is 16.7 Å². The van der Waals surface area contributed by atoms with Crippen molar-refractivity contribution in [2.75, 3.05) is 5.32 Å². The summed E-state index contributed by atoms with van der Waals surface area (Å²) in [5.41, 5.74) is 2.51. The maximum Gasteiger partial charge on any atom is 0.103 e. The lowest BCUT2D eigenvalue weighted by molar-refractivity contribution is 0.359. The van der Waals surface area contributed by atoms with Gasteiger partial charge in [0.15, 0.2) is 0 Å². The zero-order valence-electron chi connectivity index (χ0n) is 11.9. The lowest BCUT2D eigenvalue weighted by atomic mass is 9.87. The number of para-hydroxylation sites is 1. The third-order valence-electron chi connectivity index (χ3n) is 3.56. The van der Waals surface area contributed by atoms with Gasteiger partial charge in [0, 0.05) is 17.6 Å². The maximum absolute atomic E-state index is 9.26. The largest absolute Gasteiger partial charge is 0.380 e. The Kier molecular flexibility index (Phi) is 3.44. The minimum absolute atomic E-state index is 0.122. The predicted octanol–water partition coefficient (Wildman–Crippen LogP) is 3.95. The molecule has 0 aliphatic heterocycles. The molecule has 0 saturated carbocycles. The van der Waals surface area contributed by atoms with Crippen molar-refractivity contribution in [2.24, 2.45) is 5.41 Å². The number of nitriles is 1. The van der Waals surface area contributed by atoms with E-state index in [0.29, 0.717) is 5.56 Å². The van der Waals surface area contributed by atoms with Crippen LogP contribution in [0.3, 0.4) is 0 Å². The molecule has 0 radical (unpaired) electrons. The normalized spacial score (nSPS) is 13.0. The fraction of sp³-hybridized carbons (Fsp3) is 0.375. The van der Waals surface area contributed by atoms with Crippen molar-refractivity contribution in [2.45, 2.75) is 33.7 Å². The summed E-state index contributed by atoms with van der Waals surface area (Å²) in [6.07, 6.45) is 1.64. The van der Waals surface area contributed by atoms with Crippen LogP contribution >= 0.6 is 0 Å². The number of nitrogens with zero attached hydrogens (tertiary/aromatic N) is 2. The monoisotopic (exact) mass is 253 g/mol. The van der Waals surface area contributed by atoms with Gasteiger partial charge in [-0.3, -0.25) is 4.98 Å². The zero-order valence-corrected chi connectivity index (χ0v) is 11.9. The summed E-state index contributed by atoms with van der Waals surface area (Å²) >= 11 is 0. The first-order chi connectivity index (χ1) is 8.93. The quantitative estimate of drug-likeness (QED) is 0.881. The molecular weight excluding hydrogens is 234 g/mol. The first kappa shape index (κ1) is 13.4. The molecule has 0 aliphatic rings. The molecule has 1 unspecified atom stereocenters. The van der Waals surface area contributed by atoms with Crippen LogP contribution in [0.15, 0.2) is 30.5 Å². The van der Waals surface area contributed by atoms with Gasteiger partial charge < -0.3 is 5.32 Å². The second kappa shape index (κ2) is 4.89. The van der Waals surface area contributed by atoms with Crippen LogP contribution in [0.25, 0.3) is 10.9 Å². The highest BCUT2D eigenvalue weighted by molar-refractivity contribution is 5.93. The van der Waals surface area contributed by atoms with Crippen LogP contribution in [-0.2, 0) is 0 Å². The highest BCUT2D eigenvalue weighted by Crippen LogP contribution is 2.29. The van der Waals surface area contributed by atoms with Crippen molar-refractivity contribution in [3.8, 4) is 6.07 Å². The Morgan fingerprint density at radius 3 is 2.58 bits per heavy atom. The van der Waals surface area contributed by atoms with Crippen LogP contribution in [-0.4, -0.2) is 11.0 Å². The molecule has 98 valence electrons. The molecule has 19 heavy (non-hydrogen) atoms. The SMILES string of the molecule is CC(Nc1c(C#N)cnc2ccccc12)C(C)(C)C. The van der Waals surface area contributed by atoms with E-state index >= 15 is 0 Å². The lowest BCUT2D eigenvalue weighted by Crippen LogP contribution is -2.31. The molecule has 0 spiro atoms. The summed E-state index contributed by atoms with van der Waals surface area (Å²) < 4.78 is 0. The van der Waals surface area contributed by atoms with Crippen LogP contribution in [0.2, 0.25) is 0 Å². The molecule has 0 bridgehead atoms. The Labute approximate surface area is 114 Å². The molecular formula is C16H19N3. The molecule has 3 nitrogen and oxygen atoms in total. The van der Waals surface area contributed by atoms with Gasteiger partial charge in [0.25, 0.3) is 0 Å². The smallest absolute Gasteiger partial charge is 0.103 e. The molecule has 3 heteroatoms. The van der Waals surface area contributed by atoms with Gasteiger partial charge >= 0.3 is 0 Å². The van der Waals surface area contributed by atoms with Crippen molar-refractivity contribution in [1.82, 2.24) is 4.98 Å². The Bertz CT molecular complexity index is 632. The first-order valence-corrected chi connectivity index (χ1v) is 6.48. The van der Waals surface area contributed by atoms with E-state index in [9.17, 15) is 5.26 Å². The van der Waals surface area contributed by atoms with Crippen molar-refractivity contribution < 1.29 is 0 Å². The van der Waals surface area contributed by atoms with Crippen molar-refractivity contribution in [3.05, 3.63) is 36.0 Å². The Hall–Kier alpha value is -2.08. The minimum atomic E-state index is 0.122. The van der Waals surface area contributed by atoms with Gasteiger partial charge in [-0.1, -0.05) is 39.0 Å². The Morgan fingerprint density at radius 2 is 1.95 bits per heavy atom. The minimum Gasteiger partial charge on any atom is -0.380 e. The molecule has 1 N–H and O–H groups in total. The average molecular weight is 253 g/mol. The third kappa shape index (κ3) is 2.68. The zero-order chi connectivity index (χ0) is 14.0. The van der Waals surface area contributed by atoms with Gasteiger partial charge in [-0.05, 0) is 18.4 Å². The van der Waals surface area contributed by atoms with E-state index < -0.39 is 0 Å². The second-order valence-electron chi connectivity index (χ2n) is 5.91. The number of hydrogen-bond acceptors (Lipinski definition) is 3. The first-order valence-electron chi connectivity index (χ1n) is 6.48. The Morgan fingerprint density at radius 1 is 1.26 bits per heavy atom. The number of pyridine rings is 1. The summed E-state index contributed by atoms with van der Waals surface area (Å²) in [6, 6.07) is 10.4. The van der Waals surface area contributed by atoms with E-state index in [2.05, 4.69) is 44.1 Å². The fourth-order valence-corrected chi connectivity index (χ4v) is 1.81. The van der Waals surface area contributed by atoms with E-state index in [1.54, 1.807) is 6.20 Å². The number of aromatic nitrogens is 1. The highest BCUT2D eigenvalue weighted by atomic mass is 14.9. The summed E-state index contributed by atoms with van der Waals surface area (Å²) in [7, 11) is 0. The number of rotatable bonds is 2. The standard InChI is InChI=1S/C16H19N3/c1-11(16(2,3)4)19-15-12(9-17)10-18-14-8-6-5-7-13(14)15/h5-8,10-11H,1-4H3,(H,18,19). The molecule has 1 atom stereocenters. The molecule has 2 aromatic rings. The van der Waals surface area contributed by atoms with Gasteiger partial charge in [0.2, 0.25) is 0 Å². The molecule has 1 aromatic carbocycles. The molecule has 2 rings (SSSR count). The summed E-state index contributed by atoms with van der Waals surface area (Å²) in [4.78, 5) is 4.32. The number of nitrogens with one attached hydrogen (secondary N) is 1. The van der Waals surface area contributed by atoms with E-state index in [1.165, 1.54) is 0 Å². The van der Waals surface area contributed by atoms with E-state index in [-0.39, 0.29) is 11.5 Å². The van der Waals surface area contributed by atoms with Crippen LogP contribution in [0.1, 0.15) is 33.3 Å². The molecule has 0 fully saturated rings. The van der Waals surface area contributed by atoms with Crippen molar-refractivity contribution >= 4 is 16.6 Å². The number of hydrogen-bond donors (Lipinski definition) is 1. The lowest BCUT2D eigenvalue weighted by Gasteiger charge is -2.29. The number of fused-ring (bicyclic) bond motifs is 1. The molecule has 1 heterocycles. The fourth-order valence-electron chi connectivity index (χ4n) is 1.81. The van der Waals surface area contributed by atoms with E-state index in [0.717, 1.165) is 16.6 Å². The topological polar surface area (TPSA) is 48.7 Å². The maximum atomic E-state index is 9.26. The van der Waals surface area contributed by atoms with Crippen molar-refractivity contribution in [1.29, 1.82) is 5.26 Å². The molecule has 1 aromatic heterocycles. The average Bonchev–Trinajstić information content (AvgIpc) is 2.38. The van der Waals surface area contributed by atoms with Gasteiger partial charge in [-0.2, -0.15) is 5.26 Å². The van der Waals surface area contributed by atoms with Crippen LogP contribution in [0.5, 0.6) is 0 Å². The Balaban J connectivity index is 2.54. The summed E-state index contributed by atoms with van der Waals surface area (Å²) in [5, 5.41) is 13.7. The predicted molar refractivity (Wildman–Crippen MR) is 79.0 cm³/mol. The van der Waals surface area contributed by atoms with Gasteiger partial charge in [-0.25, -0.2) is 0 Å². The number of benzene rings is 1. The van der Waals surface area contributed by atoms with Crippen molar-refractivity contribution in [3.63, 3.8) is 0 Å².